The molecule has 1 nitrogen and oxygen atoms in total. The molecule has 0 aliphatic heterocycles. The fourth-order valence-electron chi connectivity index (χ4n) is 3.02. The van der Waals surface area contributed by atoms with Gasteiger partial charge in [-0.1, -0.05) is 30.7 Å². The second-order valence-corrected chi connectivity index (χ2v) is 6.53. The normalized spacial score (nSPS) is 18.3. The van der Waals surface area contributed by atoms with Crippen molar-refractivity contribution >= 4 is 11.8 Å². The first-order chi connectivity index (χ1) is 9.42. The number of fused-ring (bicyclic) bond motifs is 1. The molecule has 0 heterocycles. The fraction of sp³-hybridized carbons (Fsp3) is 0.647. The van der Waals surface area contributed by atoms with Crippen LogP contribution in [0.2, 0.25) is 0 Å². The quantitative estimate of drug-likeness (QED) is 0.714. The molecule has 1 aromatic rings. The highest BCUT2D eigenvalue weighted by molar-refractivity contribution is 7.98. The number of hydrogen-bond acceptors (Lipinski definition) is 2. The number of thioether (sulfide) groups is 1. The molecule has 0 fully saturated rings. The van der Waals surface area contributed by atoms with Gasteiger partial charge in [0.15, 0.2) is 0 Å². The van der Waals surface area contributed by atoms with E-state index in [1.165, 1.54) is 57.4 Å². The molecule has 1 aromatic carbocycles. The summed E-state index contributed by atoms with van der Waals surface area (Å²) in [7, 11) is 0. The highest BCUT2D eigenvalue weighted by Gasteiger charge is 2.18. The standard InChI is InChI=1S/C17H27NS/c1-19-13-6-2-5-12-18-14-16-10-7-9-15-8-3-4-11-17(15)16/h3-4,8,11,16,18H,2,5-7,9-10,12-14H2,1H3. The van der Waals surface area contributed by atoms with Crippen LogP contribution in [0.15, 0.2) is 24.3 Å². The van der Waals surface area contributed by atoms with E-state index < -0.39 is 0 Å². The van der Waals surface area contributed by atoms with Crippen LogP contribution in [-0.2, 0) is 6.42 Å². The third kappa shape index (κ3) is 4.85. The number of aryl methyl sites for hydroxylation is 1. The average Bonchev–Trinajstić information content (AvgIpc) is 2.46. The topological polar surface area (TPSA) is 12.0 Å². The Morgan fingerprint density at radius 2 is 2.11 bits per heavy atom. The van der Waals surface area contributed by atoms with Crippen LogP contribution in [0.4, 0.5) is 0 Å². The predicted octanol–water partition coefficient (Wildman–Crippen LogP) is 4.23. The van der Waals surface area contributed by atoms with Gasteiger partial charge in [0.1, 0.15) is 0 Å². The summed E-state index contributed by atoms with van der Waals surface area (Å²) in [5.41, 5.74) is 3.18. The van der Waals surface area contributed by atoms with Crippen molar-refractivity contribution in [3.05, 3.63) is 35.4 Å². The summed E-state index contributed by atoms with van der Waals surface area (Å²) >= 11 is 1.96. The van der Waals surface area contributed by atoms with Crippen LogP contribution < -0.4 is 5.32 Å². The van der Waals surface area contributed by atoms with E-state index in [1.54, 1.807) is 11.1 Å². The van der Waals surface area contributed by atoms with E-state index in [4.69, 9.17) is 0 Å². The van der Waals surface area contributed by atoms with Gasteiger partial charge in [-0.25, -0.2) is 0 Å². The molecule has 0 saturated heterocycles. The van der Waals surface area contributed by atoms with Gasteiger partial charge in [-0.05, 0) is 67.7 Å². The summed E-state index contributed by atoms with van der Waals surface area (Å²) in [6, 6.07) is 9.02. The third-order valence-corrected chi connectivity index (χ3v) is 4.78. The minimum Gasteiger partial charge on any atom is -0.316 e. The number of nitrogens with one attached hydrogen (secondary N) is 1. The average molecular weight is 277 g/mol. The number of hydrogen-bond donors (Lipinski definition) is 1. The van der Waals surface area contributed by atoms with Crippen LogP contribution in [0.3, 0.4) is 0 Å². The van der Waals surface area contributed by atoms with Gasteiger partial charge in [-0.3, -0.25) is 0 Å². The monoisotopic (exact) mass is 277 g/mol. The summed E-state index contributed by atoms with van der Waals surface area (Å²) < 4.78 is 0. The molecular formula is C17H27NS. The summed E-state index contributed by atoms with van der Waals surface area (Å²) in [6.07, 6.45) is 10.3. The van der Waals surface area contributed by atoms with Gasteiger partial charge in [-0.2, -0.15) is 11.8 Å². The lowest BCUT2D eigenvalue weighted by molar-refractivity contribution is 0.499. The SMILES string of the molecule is CSCCCCCNCC1CCCc2ccccc21. The largest absolute Gasteiger partial charge is 0.316 e. The minimum absolute atomic E-state index is 0.746. The summed E-state index contributed by atoms with van der Waals surface area (Å²) in [5.74, 6) is 2.06. The smallest absolute Gasteiger partial charge is 0.00202 e. The van der Waals surface area contributed by atoms with E-state index in [2.05, 4.69) is 35.8 Å². The Hall–Kier alpha value is -0.470. The van der Waals surface area contributed by atoms with Gasteiger partial charge < -0.3 is 5.32 Å². The molecule has 1 atom stereocenters. The molecule has 1 aliphatic rings. The Bertz CT molecular complexity index is 364. The Labute approximate surface area is 122 Å². The Morgan fingerprint density at radius 3 is 3.00 bits per heavy atom. The van der Waals surface area contributed by atoms with Crippen LogP contribution in [-0.4, -0.2) is 25.1 Å². The summed E-state index contributed by atoms with van der Waals surface area (Å²) in [5, 5.41) is 3.67. The summed E-state index contributed by atoms with van der Waals surface area (Å²) in [4.78, 5) is 0. The van der Waals surface area contributed by atoms with Crippen LogP contribution in [0.1, 0.15) is 49.1 Å². The van der Waals surface area contributed by atoms with Crippen LogP contribution in [0.25, 0.3) is 0 Å². The summed E-state index contributed by atoms with van der Waals surface area (Å²) in [6.45, 7) is 2.35. The molecule has 0 amide bonds. The maximum atomic E-state index is 3.67. The molecule has 0 aromatic heterocycles. The predicted molar refractivity (Wildman–Crippen MR) is 87.2 cm³/mol. The zero-order valence-electron chi connectivity index (χ0n) is 12.2. The molecule has 2 heteroatoms. The highest BCUT2D eigenvalue weighted by atomic mass is 32.2. The van der Waals surface area contributed by atoms with Crippen molar-refractivity contribution in [2.24, 2.45) is 0 Å². The number of benzene rings is 1. The Balaban J connectivity index is 1.67. The van der Waals surface area contributed by atoms with Gasteiger partial charge in [0.05, 0.1) is 0 Å². The molecule has 0 radical (unpaired) electrons. The molecule has 0 saturated carbocycles. The lowest BCUT2D eigenvalue weighted by atomic mass is 9.83. The second-order valence-electron chi connectivity index (χ2n) is 5.55. The lowest BCUT2D eigenvalue weighted by Crippen LogP contribution is -2.25. The minimum atomic E-state index is 0.746. The van der Waals surface area contributed by atoms with E-state index in [-0.39, 0.29) is 0 Å². The first kappa shape index (κ1) is 14.9. The molecule has 19 heavy (non-hydrogen) atoms. The Kier molecular flexibility index (Phi) is 6.80. The van der Waals surface area contributed by atoms with Gasteiger partial charge in [0.25, 0.3) is 0 Å². The molecule has 2 rings (SSSR count). The van der Waals surface area contributed by atoms with E-state index in [0.717, 1.165) is 5.92 Å². The zero-order valence-corrected chi connectivity index (χ0v) is 13.0. The maximum absolute atomic E-state index is 3.67. The molecule has 1 N–H and O–H groups in total. The van der Waals surface area contributed by atoms with Crippen LogP contribution in [0, 0.1) is 0 Å². The van der Waals surface area contributed by atoms with E-state index in [1.807, 2.05) is 11.8 Å². The fourth-order valence-corrected chi connectivity index (χ4v) is 3.51. The molecule has 106 valence electrons. The van der Waals surface area contributed by atoms with Crippen molar-refractivity contribution in [1.29, 1.82) is 0 Å². The first-order valence-electron chi connectivity index (χ1n) is 7.69. The van der Waals surface area contributed by atoms with Gasteiger partial charge in [0, 0.05) is 6.54 Å². The van der Waals surface area contributed by atoms with Crippen LogP contribution >= 0.6 is 11.8 Å². The van der Waals surface area contributed by atoms with Gasteiger partial charge in [0.2, 0.25) is 0 Å². The zero-order chi connectivity index (χ0) is 13.3. The highest BCUT2D eigenvalue weighted by Crippen LogP contribution is 2.30. The van der Waals surface area contributed by atoms with Crippen molar-refractivity contribution in [3.8, 4) is 0 Å². The van der Waals surface area contributed by atoms with Crippen molar-refractivity contribution in [3.63, 3.8) is 0 Å². The van der Waals surface area contributed by atoms with Crippen molar-refractivity contribution in [2.45, 2.75) is 44.4 Å². The van der Waals surface area contributed by atoms with E-state index in [0.29, 0.717) is 0 Å². The molecule has 1 unspecified atom stereocenters. The number of rotatable bonds is 8. The van der Waals surface area contributed by atoms with Gasteiger partial charge in [-0.15, -0.1) is 0 Å². The van der Waals surface area contributed by atoms with E-state index >= 15 is 0 Å². The van der Waals surface area contributed by atoms with E-state index in [9.17, 15) is 0 Å². The Morgan fingerprint density at radius 1 is 1.21 bits per heavy atom. The van der Waals surface area contributed by atoms with Crippen LogP contribution in [0.5, 0.6) is 0 Å². The van der Waals surface area contributed by atoms with Crippen molar-refractivity contribution in [1.82, 2.24) is 5.32 Å². The first-order valence-corrected chi connectivity index (χ1v) is 9.08. The van der Waals surface area contributed by atoms with Crippen molar-refractivity contribution < 1.29 is 0 Å². The molecule has 0 bridgehead atoms. The molecule has 0 spiro atoms. The number of unbranched alkanes of at least 4 members (excludes halogenated alkanes) is 2. The van der Waals surface area contributed by atoms with Gasteiger partial charge >= 0.3 is 0 Å². The molecule has 1 aliphatic carbocycles. The third-order valence-electron chi connectivity index (χ3n) is 4.09. The lowest BCUT2D eigenvalue weighted by Gasteiger charge is -2.25. The molecular weight excluding hydrogens is 250 g/mol. The van der Waals surface area contributed by atoms with Crippen molar-refractivity contribution in [2.75, 3.05) is 25.1 Å². The maximum Gasteiger partial charge on any atom is 0.00202 e. The second kappa shape index (κ2) is 8.65.